The molecule has 0 saturated heterocycles. The molecule has 0 spiro atoms. The first kappa shape index (κ1) is 28.8. The lowest BCUT2D eigenvalue weighted by atomic mass is 9.84. The van der Waals surface area contributed by atoms with Crippen LogP contribution in [0.15, 0.2) is 46.2 Å². The predicted molar refractivity (Wildman–Crippen MR) is 146 cm³/mol. The molecule has 1 aliphatic carbocycles. The summed E-state index contributed by atoms with van der Waals surface area (Å²) in [4.78, 5) is 12.0. The van der Waals surface area contributed by atoms with Gasteiger partial charge in [0.15, 0.2) is 6.61 Å². The largest absolute Gasteiger partial charge is 0.482 e. The molecule has 1 fully saturated rings. The standard InChI is InChI=1S/C27H36ClNO5S2/c1-4-14-29(17-20(3)35-22-10-13-26(19(2)15-22)34-18-27(30)31)36(32,33)23-11-12-24(25(28)16-23)21-8-6-5-7-9-21/h10-13,15-16,20-21H,4-9,14,17-18H2,1-3H3,(H,30,31)/t20-/m1/s1. The Kier molecular flexibility index (Phi) is 10.5. The number of rotatable bonds is 12. The van der Waals surface area contributed by atoms with Crippen LogP contribution >= 0.6 is 23.4 Å². The Morgan fingerprint density at radius 3 is 2.53 bits per heavy atom. The number of sulfonamides is 1. The fraction of sp³-hybridized carbons (Fsp3) is 0.519. The van der Waals surface area contributed by atoms with Crippen molar-refractivity contribution in [1.29, 1.82) is 0 Å². The summed E-state index contributed by atoms with van der Waals surface area (Å²) in [5.74, 6) is -0.0858. The fourth-order valence-electron chi connectivity index (χ4n) is 4.67. The van der Waals surface area contributed by atoms with E-state index in [2.05, 4.69) is 0 Å². The molecule has 0 unspecified atom stereocenters. The molecule has 9 heteroatoms. The Balaban J connectivity index is 1.71. The monoisotopic (exact) mass is 553 g/mol. The maximum Gasteiger partial charge on any atom is 0.341 e. The van der Waals surface area contributed by atoms with E-state index in [1.807, 2.05) is 39.0 Å². The van der Waals surface area contributed by atoms with Crippen LogP contribution in [0.2, 0.25) is 5.02 Å². The van der Waals surface area contributed by atoms with Gasteiger partial charge in [0.05, 0.1) is 4.90 Å². The van der Waals surface area contributed by atoms with Gasteiger partial charge in [-0.2, -0.15) is 4.31 Å². The van der Waals surface area contributed by atoms with Crippen molar-refractivity contribution in [2.75, 3.05) is 19.7 Å². The first-order valence-electron chi connectivity index (χ1n) is 12.5. The average molecular weight is 554 g/mol. The molecular weight excluding hydrogens is 518 g/mol. The van der Waals surface area contributed by atoms with Crippen LogP contribution in [0.3, 0.4) is 0 Å². The highest BCUT2D eigenvalue weighted by Gasteiger charge is 2.27. The van der Waals surface area contributed by atoms with Crippen LogP contribution in [0.4, 0.5) is 0 Å². The van der Waals surface area contributed by atoms with E-state index >= 15 is 0 Å². The first-order chi connectivity index (χ1) is 17.1. The number of aliphatic carboxylic acids is 1. The van der Waals surface area contributed by atoms with Crippen LogP contribution in [-0.2, 0) is 14.8 Å². The zero-order valence-corrected chi connectivity index (χ0v) is 23.6. The van der Waals surface area contributed by atoms with Gasteiger partial charge >= 0.3 is 5.97 Å². The minimum atomic E-state index is -3.69. The summed E-state index contributed by atoms with van der Waals surface area (Å²) in [6, 6.07) is 10.8. The lowest BCUT2D eigenvalue weighted by molar-refractivity contribution is -0.139. The highest BCUT2D eigenvalue weighted by atomic mass is 35.5. The van der Waals surface area contributed by atoms with Crippen molar-refractivity contribution in [3.05, 3.63) is 52.5 Å². The molecule has 0 aliphatic heterocycles. The molecule has 0 heterocycles. The summed E-state index contributed by atoms with van der Waals surface area (Å²) < 4.78 is 34.0. The lowest BCUT2D eigenvalue weighted by Gasteiger charge is -2.26. The van der Waals surface area contributed by atoms with Crippen molar-refractivity contribution in [2.24, 2.45) is 0 Å². The third kappa shape index (κ3) is 7.63. The second kappa shape index (κ2) is 13.2. The number of hydrogen-bond donors (Lipinski definition) is 1. The molecule has 1 N–H and O–H groups in total. The number of thioether (sulfide) groups is 1. The Labute approximate surface area is 224 Å². The zero-order chi connectivity index (χ0) is 26.3. The summed E-state index contributed by atoms with van der Waals surface area (Å²) in [7, 11) is -3.69. The van der Waals surface area contributed by atoms with E-state index < -0.39 is 16.0 Å². The zero-order valence-electron chi connectivity index (χ0n) is 21.2. The maximum atomic E-state index is 13.6. The Morgan fingerprint density at radius 2 is 1.92 bits per heavy atom. The maximum absolute atomic E-state index is 13.6. The fourth-order valence-corrected chi connectivity index (χ4v) is 7.93. The molecular formula is C27H36ClNO5S2. The molecule has 198 valence electrons. The Bertz CT molecular complexity index is 1150. The number of halogens is 1. The number of aryl methyl sites for hydroxylation is 1. The van der Waals surface area contributed by atoms with E-state index in [-0.39, 0.29) is 16.8 Å². The minimum absolute atomic E-state index is 0.00602. The van der Waals surface area contributed by atoms with Crippen LogP contribution in [0, 0.1) is 6.92 Å². The highest BCUT2D eigenvalue weighted by Crippen LogP contribution is 2.37. The van der Waals surface area contributed by atoms with E-state index in [4.69, 9.17) is 21.4 Å². The lowest BCUT2D eigenvalue weighted by Crippen LogP contribution is -2.36. The third-order valence-electron chi connectivity index (χ3n) is 6.42. The van der Waals surface area contributed by atoms with Crippen molar-refractivity contribution in [3.63, 3.8) is 0 Å². The number of nitrogens with zero attached hydrogens (tertiary/aromatic N) is 1. The van der Waals surface area contributed by atoms with Crippen LogP contribution in [-0.4, -0.2) is 48.7 Å². The van der Waals surface area contributed by atoms with Gasteiger partial charge in [0.2, 0.25) is 10.0 Å². The van der Waals surface area contributed by atoms with Gasteiger partial charge < -0.3 is 9.84 Å². The number of carboxylic acids is 1. The Hall–Kier alpha value is -1.74. The summed E-state index contributed by atoms with van der Waals surface area (Å²) >= 11 is 8.18. The first-order valence-corrected chi connectivity index (χ1v) is 15.2. The molecule has 2 aromatic rings. The van der Waals surface area contributed by atoms with Gasteiger partial charge in [-0.05, 0) is 73.6 Å². The van der Waals surface area contributed by atoms with Gasteiger partial charge in [0, 0.05) is 28.3 Å². The van der Waals surface area contributed by atoms with Crippen molar-refractivity contribution >= 4 is 39.4 Å². The van der Waals surface area contributed by atoms with Gasteiger partial charge in [-0.3, -0.25) is 0 Å². The second-order valence-corrected chi connectivity index (χ2v) is 13.3. The molecule has 1 saturated carbocycles. The molecule has 2 aromatic carbocycles. The van der Waals surface area contributed by atoms with E-state index in [1.165, 1.54) is 19.3 Å². The number of carbonyl (C=O) groups is 1. The minimum Gasteiger partial charge on any atom is -0.482 e. The molecule has 6 nitrogen and oxygen atoms in total. The molecule has 0 radical (unpaired) electrons. The topological polar surface area (TPSA) is 83.9 Å². The smallest absolute Gasteiger partial charge is 0.341 e. The summed E-state index contributed by atoms with van der Waals surface area (Å²) in [5.41, 5.74) is 1.90. The van der Waals surface area contributed by atoms with Crippen LogP contribution in [0.5, 0.6) is 5.75 Å². The number of hydrogen-bond acceptors (Lipinski definition) is 5. The quantitative estimate of drug-likeness (QED) is 0.293. The highest BCUT2D eigenvalue weighted by molar-refractivity contribution is 8.00. The molecule has 0 aromatic heterocycles. The van der Waals surface area contributed by atoms with Crippen molar-refractivity contribution in [1.82, 2.24) is 4.31 Å². The SMILES string of the molecule is CCCN(C[C@@H](C)Sc1ccc(OCC(=O)O)c(C)c1)S(=O)(=O)c1ccc(C2CCCCC2)c(Cl)c1. The molecule has 36 heavy (non-hydrogen) atoms. The van der Waals surface area contributed by atoms with Gasteiger partial charge in [0.1, 0.15) is 5.75 Å². The summed E-state index contributed by atoms with van der Waals surface area (Å²) in [5, 5.41) is 9.35. The summed E-state index contributed by atoms with van der Waals surface area (Å²) in [6.07, 6.45) is 6.56. The summed E-state index contributed by atoms with van der Waals surface area (Å²) in [6.45, 7) is 6.24. The second-order valence-electron chi connectivity index (χ2n) is 9.42. The van der Waals surface area contributed by atoms with Gasteiger partial charge in [0.25, 0.3) is 0 Å². The number of carboxylic acid groups (broad SMARTS) is 1. The van der Waals surface area contributed by atoms with Crippen LogP contribution in [0.1, 0.15) is 69.4 Å². The molecule has 0 amide bonds. The van der Waals surface area contributed by atoms with Crippen LogP contribution in [0.25, 0.3) is 0 Å². The van der Waals surface area contributed by atoms with E-state index in [1.54, 1.807) is 34.3 Å². The van der Waals surface area contributed by atoms with Crippen molar-refractivity contribution in [3.8, 4) is 5.75 Å². The number of benzene rings is 2. The molecule has 3 rings (SSSR count). The molecule has 1 aliphatic rings. The third-order valence-corrected chi connectivity index (χ3v) is 9.69. The average Bonchev–Trinajstić information content (AvgIpc) is 2.83. The van der Waals surface area contributed by atoms with Crippen molar-refractivity contribution < 1.29 is 23.1 Å². The van der Waals surface area contributed by atoms with E-state index in [0.29, 0.717) is 36.2 Å². The van der Waals surface area contributed by atoms with E-state index in [0.717, 1.165) is 28.9 Å². The molecule has 0 bridgehead atoms. The van der Waals surface area contributed by atoms with Crippen molar-refractivity contribution in [2.45, 2.75) is 80.3 Å². The van der Waals surface area contributed by atoms with Gasteiger partial charge in [-0.15, -0.1) is 11.8 Å². The number of ether oxygens (including phenoxy) is 1. The van der Waals surface area contributed by atoms with Gasteiger partial charge in [-0.25, -0.2) is 13.2 Å². The Morgan fingerprint density at radius 1 is 1.19 bits per heavy atom. The normalized spacial score (nSPS) is 15.7. The van der Waals surface area contributed by atoms with Gasteiger partial charge in [-0.1, -0.05) is 50.8 Å². The predicted octanol–water partition coefficient (Wildman–Crippen LogP) is 6.74. The molecule has 1 atom stereocenters. The van der Waals surface area contributed by atoms with E-state index in [9.17, 15) is 13.2 Å². The van der Waals surface area contributed by atoms with Crippen LogP contribution < -0.4 is 4.74 Å².